The zero-order chi connectivity index (χ0) is 17.3. The molecule has 3 aromatic rings. The number of aryl methyl sites for hydroxylation is 1. The second-order valence-corrected chi connectivity index (χ2v) is 8.25. The van der Waals surface area contributed by atoms with Gasteiger partial charge in [0.05, 0.1) is 28.0 Å². The molecular formula is C16H15ClN2O3S2. The van der Waals surface area contributed by atoms with Crippen molar-refractivity contribution >= 4 is 48.9 Å². The second-order valence-electron chi connectivity index (χ2n) is 5.04. The van der Waals surface area contributed by atoms with Gasteiger partial charge in [-0.25, -0.2) is 13.4 Å². The number of hydrogen-bond donors (Lipinski definition) is 1. The molecule has 0 saturated heterocycles. The van der Waals surface area contributed by atoms with Crippen LogP contribution in [0.1, 0.15) is 11.9 Å². The molecule has 0 atom stereocenters. The molecule has 126 valence electrons. The molecule has 3 rings (SSSR count). The summed E-state index contributed by atoms with van der Waals surface area (Å²) in [6.45, 7) is 2.03. The molecule has 0 radical (unpaired) electrons. The summed E-state index contributed by atoms with van der Waals surface area (Å²) in [5.74, 6) is 0.235. The lowest BCUT2D eigenvalue weighted by Gasteiger charge is -2.12. The van der Waals surface area contributed by atoms with Crippen LogP contribution in [0.25, 0.3) is 10.2 Å². The molecule has 24 heavy (non-hydrogen) atoms. The van der Waals surface area contributed by atoms with Crippen LogP contribution >= 0.6 is 22.9 Å². The van der Waals surface area contributed by atoms with Crippen LogP contribution < -0.4 is 9.46 Å². The van der Waals surface area contributed by atoms with E-state index in [1.807, 2.05) is 6.92 Å². The molecule has 0 unspecified atom stereocenters. The first-order valence-corrected chi connectivity index (χ1v) is 9.86. The van der Waals surface area contributed by atoms with Gasteiger partial charge >= 0.3 is 0 Å². The highest BCUT2D eigenvalue weighted by molar-refractivity contribution is 7.92. The summed E-state index contributed by atoms with van der Waals surface area (Å²) in [5.41, 5.74) is 1.33. The number of fused-ring (bicyclic) bond motifs is 1. The van der Waals surface area contributed by atoms with Gasteiger partial charge in [-0.05, 0) is 42.8 Å². The van der Waals surface area contributed by atoms with E-state index in [9.17, 15) is 8.42 Å². The largest absolute Gasteiger partial charge is 0.495 e. The van der Waals surface area contributed by atoms with Gasteiger partial charge in [0.25, 0.3) is 10.0 Å². The van der Waals surface area contributed by atoms with Crippen LogP contribution in [-0.4, -0.2) is 20.5 Å². The second kappa shape index (κ2) is 6.58. The molecule has 0 amide bonds. The van der Waals surface area contributed by atoms with E-state index in [0.717, 1.165) is 21.6 Å². The van der Waals surface area contributed by atoms with Gasteiger partial charge in [-0.15, -0.1) is 11.3 Å². The van der Waals surface area contributed by atoms with Gasteiger partial charge in [-0.3, -0.25) is 4.72 Å². The Morgan fingerprint density at radius 1 is 1.25 bits per heavy atom. The average molecular weight is 383 g/mol. The first-order valence-electron chi connectivity index (χ1n) is 7.19. The number of hydrogen-bond acceptors (Lipinski definition) is 5. The lowest BCUT2D eigenvalue weighted by Crippen LogP contribution is -2.14. The van der Waals surface area contributed by atoms with Crippen LogP contribution in [0.4, 0.5) is 5.69 Å². The molecule has 0 bridgehead atoms. The number of ether oxygens (including phenoxy) is 1. The molecule has 0 fully saturated rings. The number of rotatable bonds is 5. The Morgan fingerprint density at radius 3 is 2.75 bits per heavy atom. The van der Waals surface area contributed by atoms with Crippen LogP contribution in [0.2, 0.25) is 5.02 Å². The molecule has 0 aliphatic carbocycles. The monoisotopic (exact) mass is 382 g/mol. The molecule has 0 aliphatic rings. The molecule has 5 nitrogen and oxygen atoms in total. The fraction of sp³-hybridized carbons (Fsp3) is 0.188. The van der Waals surface area contributed by atoms with Crippen molar-refractivity contribution in [1.29, 1.82) is 0 Å². The van der Waals surface area contributed by atoms with E-state index in [4.69, 9.17) is 16.3 Å². The van der Waals surface area contributed by atoms with Gasteiger partial charge in [-0.2, -0.15) is 0 Å². The summed E-state index contributed by atoms with van der Waals surface area (Å²) >= 11 is 7.48. The standard InChI is InChI=1S/C16H15ClN2O3S2/c1-3-16-18-12-6-5-11(9-14(12)23-16)19-24(20,21)15-8-10(17)4-7-13(15)22-2/h4-9,19H,3H2,1-2H3. The summed E-state index contributed by atoms with van der Waals surface area (Å²) in [7, 11) is -2.41. The first-order chi connectivity index (χ1) is 11.4. The maximum absolute atomic E-state index is 12.7. The number of benzene rings is 2. The highest BCUT2D eigenvalue weighted by atomic mass is 35.5. The van der Waals surface area contributed by atoms with E-state index < -0.39 is 10.0 Å². The van der Waals surface area contributed by atoms with E-state index in [1.54, 1.807) is 35.6 Å². The van der Waals surface area contributed by atoms with E-state index in [-0.39, 0.29) is 10.6 Å². The highest BCUT2D eigenvalue weighted by Gasteiger charge is 2.20. The van der Waals surface area contributed by atoms with Gasteiger partial charge in [0.15, 0.2) is 0 Å². The molecule has 0 aliphatic heterocycles. The van der Waals surface area contributed by atoms with Crippen molar-refractivity contribution in [3.8, 4) is 5.75 Å². The van der Waals surface area contributed by atoms with Gasteiger partial charge < -0.3 is 4.74 Å². The molecule has 1 aromatic heterocycles. The number of nitrogens with zero attached hydrogens (tertiary/aromatic N) is 1. The van der Waals surface area contributed by atoms with Crippen LogP contribution in [-0.2, 0) is 16.4 Å². The predicted octanol–water partition coefficient (Wildman–Crippen LogP) is 4.32. The average Bonchev–Trinajstić information content (AvgIpc) is 2.97. The van der Waals surface area contributed by atoms with Crippen molar-refractivity contribution in [3.05, 3.63) is 46.4 Å². The van der Waals surface area contributed by atoms with Gasteiger partial charge in [-0.1, -0.05) is 18.5 Å². The quantitative estimate of drug-likeness (QED) is 0.713. The van der Waals surface area contributed by atoms with Gasteiger partial charge in [0.2, 0.25) is 0 Å². The number of aromatic nitrogens is 1. The summed E-state index contributed by atoms with van der Waals surface area (Å²) in [6, 6.07) is 9.74. The van der Waals surface area contributed by atoms with Crippen LogP contribution in [0.15, 0.2) is 41.3 Å². The minimum atomic E-state index is -3.82. The number of anilines is 1. The third kappa shape index (κ3) is 3.33. The Balaban J connectivity index is 1.99. The number of nitrogens with one attached hydrogen (secondary N) is 1. The number of sulfonamides is 1. The van der Waals surface area contributed by atoms with Crippen LogP contribution in [0.5, 0.6) is 5.75 Å². The highest BCUT2D eigenvalue weighted by Crippen LogP contribution is 2.30. The molecule has 0 saturated carbocycles. The SMILES string of the molecule is CCc1nc2ccc(NS(=O)(=O)c3cc(Cl)ccc3OC)cc2s1. The smallest absolute Gasteiger partial charge is 0.265 e. The summed E-state index contributed by atoms with van der Waals surface area (Å²) < 4.78 is 34.0. The Labute approximate surface area is 149 Å². The van der Waals surface area contributed by atoms with Crippen molar-refractivity contribution in [3.63, 3.8) is 0 Å². The number of thiazole rings is 1. The molecule has 1 N–H and O–H groups in total. The van der Waals surface area contributed by atoms with Crippen molar-refractivity contribution in [2.75, 3.05) is 11.8 Å². The van der Waals surface area contributed by atoms with Crippen molar-refractivity contribution < 1.29 is 13.2 Å². The normalized spacial score (nSPS) is 11.6. The predicted molar refractivity (Wildman–Crippen MR) is 97.8 cm³/mol. The Bertz CT molecular complexity index is 1000. The molecule has 0 spiro atoms. The van der Waals surface area contributed by atoms with Crippen molar-refractivity contribution in [1.82, 2.24) is 4.98 Å². The lowest BCUT2D eigenvalue weighted by atomic mass is 10.3. The fourth-order valence-electron chi connectivity index (χ4n) is 2.26. The van der Waals surface area contributed by atoms with E-state index in [0.29, 0.717) is 10.7 Å². The zero-order valence-corrected chi connectivity index (χ0v) is 15.4. The topological polar surface area (TPSA) is 68.3 Å². The van der Waals surface area contributed by atoms with Crippen molar-refractivity contribution in [2.45, 2.75) is 18.2 Å². The Kier molecular flexibility index (Phi) is 4.67. The summed E-state index contributed by atoms with van der Waals surface area (Å²) in [5, 5.41) is 1.34. The number of halogens is 1. The summed E-state index contributed by atoms with van der Waals surface area (Å²) in [4.78, 5) is 4.47. The number of methoxy groups -OCH3 is 1. The molecular weight excluding hydrogens is 368 g/mol. The molecule has 1 heterocycles. The van der Waals surface area contributed by atoms with Crippen molar-refractivity contribution in [2.24, 2.45) is 0 Å². The minimum absolute atomic E-state index is 0.00357. The zero-order valence-electron chi connectivity index (χ0n) is 13.0. The van der Waals surface area contributed by atoms with Crippen LogP contribution in [0.3, 0.4) is 0 Å². The third-order valence-electron chi connectivity index (χ3n) is 3.40. The van der Waals surface area contributed by atoms with E-state index in [1.165, 1.54) is 19.2 Å². The third-order valence-corrected chi connectivity index (χ3v) is 6.20. The van der Waals surface area contributed by atoms with Gasteiger partial charge in [0.1, 0.15) is 10.6 Å². The molecule has 8 heteroatoms. The van der Waals surface area contributed by atoms with E-state index >= 15 is 0 Å². The van der Waals surface area contributed by atoms with E-state index in [2.05, 4.69) is 9.71 Å². The first kappa shape index (κ1) is 17.0. The Hall–Kier alpha value is -1.83. The summed E-state index contributed by atoms with van der Waals surface area (Å²) in [6.07, 6.45) is 0.847. The van der Waals surface area contributed by atoms with Crippen LogP contribution in [0, 0.1) is 0 Å². The maximum Gasteiger partial charge on any atom is 0.265 e. The Morgan fingerprint density at radius 2 is 2.04 bits per heavy atom. The molecule has 2 aromatic carbocycles. The maximum atomic E-state index is 12.7. The lowest BCUT2D eigenvalue weighted by molar-refractivity contribution is 0.403. The minimum Gasteiger partial charge on any atom is -0.495 e. The van der Waals surface area contributed by atoms with Gasteiger partial charge in [0, 0.05) is 5.02 Å². The fourth-order valence-corrected chi connectivity index (χ4v) is 4.69.